The molecule has 0 aliphatic carbocycles. The maximum Gasteiger partial charge on any atom is 0.432 e. The van der Waals surface area contributed by atoms with Gasteiger partial charge in [0.25, 0.3) is 12.1 Å². The van der Waals surface area contributed by atoms with Crippen molar-refractivity contribution in [3.8, 4) is 0 Å². The van der Waals surface area contributed by atoms with Crippen molar-refractivity contribution in [2.24, 2.45) is 0 Å². The highest BCUT2D eigenvalue weighted by Crippen LogP contribution is 2.37. The molecule has 182 valence electrons. The Morgan fingerprint density at radius 1 is 1.00 bits per heavy atom. The van der Waals surface area contributed by atoms with E-state index in [1.807, 2.05) is 0 Å². The maximum atomic E-state index is 12.6. The van der Waals surface area contributed by atoms with Crippen molar-refractivity contribution in [2.75, 3.05) is 0 Å². The summed E-state index contributed by atoms with van der Waals surface area (Å²) >= 11 is 0. The van der Waals surface area contributed by atoms with Crippen LogP contribution in [0.15, 0.2) is 24.3 Å². The molecule has 0 aliphatic heterocycles. The van der Waals surface area contributed by atoms with Crippen LogP contribution in [0.2, 0.25) is 0 Å². The number of carboxylic acid groups (broad SMARTS) is 1. The molecule has 0 rings (SSSR count). The smallest absolute Gasteiger partial charge is 0.432 e. The molecule has 0 aromatic rings. The van der Waals surface area contributed by atoms with Gasteiger partial charge >= 0.3 is 30.4 Å². The Balaban J connectivity index is 0. The second-order valence-corrected chi connectivity index (χ2v) is 5.54. The average molecular weight is 486 g/mol. The second-order valence-electron chi connectivity index (χ2n) is 5.54. The van der Waals surface area contributed by atoms with Crippen molar-refractivity contribution in [1.29, 1.82) is 0 Å². The first-order valence-corrected chi connectivity index (χ1v) is 7.49. The molecule has 16 heteroatoms. The van der Waals surface area contributed by atoms with Gasteiger partial charge in [-0.1, -0.05) is 12.7 Å². The number of ether oxygens (including phenoxy) is 1. The summed E-state index contributed by atoms with van der Waals surface area (Å²) in [6.07, 6.45) is -26.9. The van der Waals surface area contributed by atoms with E-state index >= 15 is 0 Å². The summed E-state index contributed by atoms with van der Waals surface area (Å²) in [6.45, 7) is 3.64. The first-order valence-electron chi connectivity index (χ1n) is 7.49. The lowest BCUT2D eigenvalue weighted by Gasteiger charge is -2.21. The Hall–Kier alpha value is -2.42. The number of hydrogen-bond donors (Lipinski definition) is 1. The summed E-state index contributed by atoms with van der Waals surface area (Å²) in [5, 5.41) is 8.25. The lowest BCUT2D eigenvalue weighted by Crippen LogP contribution is -2.41. The fraction of sp³-hybridized carbons (Fsp3) is 0.600. The minimum atomic E-state index is -5.67. The third-order valence-corrected chi connectivity index (χ3v) is 2.85. The number of carbonyl (C=O) groups excluding carboxylic acids is 1. The summed E-state index contributed by atoms with van der Waals surface area (Å²) in [4.78, 5) is 20.4. The number of carbonyl (C=O) groups is 2. The fourth-order valence-corrected chi connectivity index (χ4v) is 1.28. The number of alkyl halides is 12. The van der Waals surface area contributed by atoms with Gasteiger partial charge in [0.2, 0.25) is 6.17 Å². The van der Waals surface area contributed by atoms with E-state index in [-0.39, 0.29) is 6.08 Å². The van der Waals surface area contributed by atoms with E-state index in [2.05, 4.69) is 11.3 Å². The minimum Gasteiger partial charge on any atom is -0.478 e. The Morgan fingerprint density at radius 2 is 1.45 bits per heavy atom. The molecule has 0 fully saturated rings. The minimum absolute atomic E-state index is 0.286. The van der Waals surface area contributed by atoms with E-state index in [0.717, 1.165) is 6.92 Å². The Morgan fingerprint density at radius 3 is 1.77 bits per heavy atom. The van der Waals surface area contributed by atoms with Gasteiger partial charge < -0.3 is 9.84 Å². The third-order valence-electron chi connectivity index (χ3n) is 2.85. The van der Waals surface area contributed by atoms with E-state index in [1.54, 1.807) is 0 Å². The number of rotatable bonds is 8. The predicted molar refractivity (Wildman–Crippen MR) is 78.7 cm³/mol. The lowest BCUT2D eigenvalue weighted by molar-refractivity contribution is -0.274. The van der Waals surface area contributed by atoms with Crippen LogP contribution in [0.4, 0.5) is 52.7 Å². The molecule has 31 heavy (non-hydrogen) atoms. The molecule has 0 aromatic carbocycles. The van der Waals surface area contributed by atoms with Crippen LogP contribution in [0.25, 0.3) is 0 Å². The zero-order chi connectivity index (χ0) is 25.4. The molecule has 0 saturated carbocycles. The van der Waals surface area contributed by atoms with Gasteiger partial charge in [0, 0.05) is 18.1 Å². The number of esters is 1. The Labute approximate surface area is 166 Å². The van der Waals surface area contributed by atoms with Crippen LogP contribution in [0, 0.1) is 0 Å². The molecule has 0 aromatic heterocycles. The van der Waals surface area contributed by atoms with E-state index in [1.165, 1.54) is 0 Å². The molecule has 2 atom stereocenters. The molecule has 0 aliphatic rings. The molecule has 2 unspecified atom stereocenters. The van der Waals surface area contributed by atoms with E-state index in [0.29, 0.717) is 6.08 Å². The van der Waals surface area contributed by atoms with Gasteiger partial charge in [0.15, 0.2) is 0 Å². The summed E-state index contributed by atoms with van der Waals surface area (Å²) in [5.41, 5.74) is -0.575. The third kappa shape index (κ3) is 12.8. The molecule has 0 amide bonds. The summed E-state index contributed by atoms with van der Waals surface area (Å²) < 4.78 is 147. The maximum absolute atomic E-state index is 12.6. The van der Waals surface area contributed by atoms with Gasteiger partial charge in [0.05, 0.1) is 6.42 Å². The highest BCUT2D eigenvalue weighted by Gasteiger charge is 2.56. The molecule has 1 N–H and O–H groups in total. The quantitative estimate of drug-likeness (QED) is 0.278. The van der Waals surface area contributed by atoms with Crippen molar-refractivity contribution in [1.82, 2.24) is 0 Å². The van der Waals surface area contributed by atoms with Gasteiger partial charge in [-0.15, -0.1) is 0 Å². The monoisotopic (exact) mass is 486 g/mol. The highest BCUT2D eigenvalue weighted by molar-refractivity contribution is 5.85. The molecule has 0 radical (unpaired) electrons. The van der Waals surface area contributed by atoms with Gasteiger partial charge in [-0.25, -0.2) is 27.2 Å². The van der Waals surface area contributed by atoms with Crippen LogP contribution in [0.3, 0.4) is 0 Å². The van der Waals surface area contributed by atoms with Crippen LogP contribution >= 0.6 is 0 Å². The molecule has 0 heterocycles. The molecule has 0 spiro atoms. The largest absolute Gasteiger partial charge is 0.478 e. The predicted octanol–water partition coefficient (Wildman–Crippen LogP) is 5.54. The summed E-state index contributed by atoms with van der Waals surface area (Å²) in [5.74, 6) is -7.93. The average Bonchev–Trinajstić information content (AvgIpc) is 2.56. The standard InChI is InChI=1S/C8H8F6O2.C7H6F6O2/c1-4(5(15)16)2-3-7(10,11)6(9)8(12,13)14;1-2-5(14)15-7(12,13)4(8)3-6(9,10)11/h2,6H,3H2,1H3,(H,15,16);2,4H,1,3H2. The van der Waals surface area contributed by atoms with Crippen molar-refractivity contribution < 1.29 is 72.1 Å². The van der Waals surface area contributed by atoms with E-state index < -0.39 is 67.1 Å². The number of hydrogen-bond acceptors (Lipinski definition) is 3. The number of carboxylic acids is 1. The van der Waals surface area contributed by atoms with Crippen LogP contribution in [-0.2, 0) is 14.3 Å². The van der Waals surface area contributed by atoms with Crippen molar-refractivity contribution >= 4 is 11.9 Å². The lowest BCUT2D eigenvalue weighted by atomic mass is 10.1. The molecular formula is C15H14F12O4. The van der Waals surface area contributed by atoms with Gasteiger partial charge in [-0.2, -0.15) is 35.1 Å². The fourth-order valence-electron chi connectivity index (χ4n) is 1.28. The number of aliphatic carboxylic acids is 1. The van der Waals surface area contributed by atoms with Gasteiger partial charge in [-0.05, 0) is 6.92 Å². The van der Waals surface area contributed by atoms with Crippen LogP contribution in [-0.4, -0.2) is 53.8 Å². The number of allylic oxidation sites excluding steroid dienone is 1. The van der Waals surface area contributed by atoms with E-state index in [4.69, 9.17) is 5.11 Å². The van der Waals surface area contributed by atoms with Crippen LogP contribution < -0.4 is 0 Å². The molecule has 4 nitrogen and oxygen atoms in total. The van der Waals surface area contributed by atoms with Gasteiger partial charge in [0.1, 0.15) is 0 Å². The van der Waals surface area contributed by atoms with Crippen molar-refractivity contribution in [2.45, 2.75) is 56.5 Å². The zero-order valence-corrected chi connectivity index (χ0v) is 15.1. The SMILES string of the molecule is C=CC(=O)OC(F)(F)C(F)CC(F)(F)F.CC(=CCC(F)(F)C(F)C(F)(F)F)C(=O)O. The Bertz CT molecular complexity index is 651. The molecule has 0 bridgehead atoms. The van der Waals surface area contributed by atoms with Crippen LogP contribution in [0.1, 0.15) is 19.8 Å². The second kappa shape index (κ2) is 11.3. The van der Waals surface area contributed by atoms with E-state index in [9.17, 15) is 62.3 Å². The first kappa shape index (κ1) is 30.8. The topological polar surface area (TPSA) is 63.6 Å². The first-order chi connectivity index (χ1) is 13.6. The van der Waals surface area contributed by atoms with Crippen molar-refractivity contribution in [3.05, 3.63) is 24.3 Å². The normalized spacial score (nSPS) is 15.3. The summed E-state index contributed by atoms with van der Waals surface area (Å²) in [6, 6.07) is 0. The van der Waals surface area contributed by atoms with Gasteiger partial charge in [-0.3, -0.25) is 0 Å². The number of halogens is 12. The Kier molecular flexibility index (Phi) is 11.2. The summed E-state index contributed by atoms with van der Waals surface area (Å²) in [7, 11) is 0. The van der Waals surface area contributed by atoms with Crippen molar-refractivity contribution in [3.63, 3.8) is 0 Å². The highest BCUT2D eigenvalue weighted by atomic mass is 19.4. The molecule has 0 saturated heterocycles. The van der Waals surface area contributed by atoms with Crippen LogP contribution in [0.5, 0.6) is 0 Å². The molecular weight excluding hydrogens is 472 g/mol. The zero-order valence-electron chi connectivity index (χ0n) is 15.1.